The van der Waals surface area contributed by atoms with Gasteiger partial charge in [0, 0.05) is 30.3 Å². The van der Waals surface area contributed by atoms with Crippen LogP contribution in [0.3, 0.4) is 0 Å². The summed E-state index contributed by atoms with van der Waals surface area (Å²) in [5.41, 5.74) is 1.75. The van der Waals surface area contributed by atoms with E-state index in [1.807, 2.05) is 29.2 Å². The lowest BCUT2D eigenvalue weighted by Gasteiger charge is -2.23. The number of carbonyl (C=O) groups is 2. The molecule has 2 aliphatic heterocycles. The minimum absolute atomic E-state index is 0.112. The van der Waals surface area contributed by atoms with Crippen LogP contribution in [0.15, 0.2) is 24.3 Å². The normalized spacial score (nSPS) is 24.8. The Balaban J connectivity index is 1.34. The van der Waals surface area contributed by atoms with Gasteiger partial charge in [0.05, 0.1) is 0 Å². The molecule has 0 radical (unpaired) electrons. The van der Waals surface area contributed by atoms with Crippen molar-refractivity contribution in [3.05, 3.63) is 29.8 Å². The van der Waals surface area contributed by atoms with Crippen LogP contribution in [0.2, 0.25) is 0 Å². The first kappa shape index (κ1) is 17.5. The van der Waals surface area contributed by atoms with Gasteiger partial charge in [-0.15, -0.1) is 0 Å². The maximum Gasteiger partial charge on any atom is 0.253 e. The second-order valence-electron chi connectivity index (χ2n) is 8.14. The number of amides is 2. The van der Waals surface area contributed by atoms with Crippen molar-refractivity contribution in [2.75, 3.05) is 31.5 Å². The molecule has 3 aliphatic rings. The molecule has 26 heavy (non-hydrogen) atoms. The lowest BCUT2D eigenvalue weighted by Crippen LogP contribution is -2.32. The van der Waals surface area contributed by atoms with Gasteiger partial charge < -0.3 is 15.5 Å². The topological polar surface area (TPSA) is 61.4 Å². The summed E-state index contributed by atoms with van der Waals surface area (Å²) in [4.78, 5) is 27.1. The van der Waals surface area contributed by atoms with E-state index in [1.165, 1.54) is 12.8 Å². The number of hydrogen-bond donors (Lipinski definition) is 2. The van der Waals surface area contributed by atoms with Crippen LogP contribution in [0.5, 0.6) is 0 Å². The summed E-state index contributed by atoms with van der Waals surface area (Å²) < 4.78 is 0. The highest BCUT2D eigenvalue weighted by molar-refractivity contribution is 5.97. The van der Waals surface area contributed by atoms with Gasteiger partial charge in [0.2, 0.25) is 5.91 Å². The SMILES string of the molecule is O=C(Nc1ccc(C(=O)N2CCCCCC2)cc1)C1CC12CCNCC2. The molecular weight excluding hydrogens is 326 g/mol. The van der Waals surface area contributed by atoms with E-state index in [2.05, 4.69) is 10.6 Å². The molecule has 0 bridgehead atoms. The van der Waals surface area contributed by atoms with E-state index < -0.39 is 0 Å². The van der Waals surface area contributed by atoms with Crippen LogP contribution in [0.25, 0.3) is 0 Å². The molecule has 5 heteroatoms. The molecular formula is C21H29N3O2. The summed E-state index contributed by atoms with van der Waals surface area (Å²) in [6.07, 6.45) is 7.85. The number of nitrogens with one attached hydrogen (secondary N) is 2. The third kappa shape index (κ3) is 3.63. The molecule has 2 N–H and O–H groups in total. The number of benzene rings is 1. The lowest BCUT2D eigenvalue weighted by molar-refractivity contribution is -0.118. The second kappa shape index (κ2) is 7.39. The van der Waals surface area contributed by atoms with Crippen molar-refractivity contribution in [1.82, 2.24) is 10.2 Å². The van der Waals surface area contributed by atoms with Gasteiger partial charge >= 0.3 is 0 Å². The van der Waals surface area contributed by atoms with Gasteiger partial charge in [0.25, 0.3) is 5.91 Å². The number of hydrogen-bond acceptors (Lipinski definition) is 3. The van der Waals surface area contributed by atoms with Crippen molar-refractivity contribution in [3.63, 3.8) is 0 Å². The molecule has 1 aliphatic carbocycles. The molecule has 1 saturated carbocycles. The summed E-state index contributed by atoms with van der Waals surface area (Å²) in [7, 11) is 0. The van der Waals surface area contributed by atoms with E-state index in [9.17, 15) is 9.59 Å². The smallest absolute Gasteiger partial charge is 0.253 e. The molecule has 2 saturated heterocycles. The zero-order chi connectivity index (χ0) is 18.0. The Morgan fingerprint density at radius 1 is 1.00 bits per heavy atom. The largest absolute Gasteiger partial charge is 0.339 e. The number of nitrogens with zero attached hydrogens (tertiary/aromatic N) is 1. The number of rotatable bonds is 3. The van der Waals surface area contributed by atoms with E-state index in [1.54, 1.807) is 0 Å². The van der Waals surface area contributed by atoms with Gasteiger partial charge in [-0.05, 0) is 74.9 Å². The Morgan fingerprint density at radius 2 is 1.65 bits per heavy atom. The molecule has 1 aromatic rings. The second-order valence-corrected chi connectivity index (χ2v) is 8.14. The minimum atomic E-state index is 0.112. The first-order chi connectivity index (χ1) is 12.7. The molecule has 1 aromatic carbocycles. The van der Waals surface area contributed by atoms with Gasteiger partial charge in [0.15, 0.2) is 0 Å². The van der Waals surface area contributed by atoms with Crippen LogP contribution in [-0.2, 0) is 4.79 Å². The van der Waals surface area contributed by atoms with Crippen LogP contribution in [-0.4, -0.2) is 42.9 Å². The van der Waals surface area contributed by atoms with Crippen LogP contribution in [0.4, 0.5) is 5.69 Å². The fraction of sp³-hybridized carbons (Fsp3) is 0.619. The first-order valence-corrected chi connectivity index (χ1v) is 10.1. The van der Waals surface area contributed by atoms with E-state index in [0.29, 0.717) is 5.56 Å². The Labute approximate surface area is 155 Å². The molecule has 4 rings (SSSR count). The predicted molar refractivity (Wildman–Crippen MR) is 102 cm³/mol. The summed E-state index contributed by atoms with van der Waals surface area (Å²) in [6.45, 7) is 3.76. The molecule has 1 unspecified atom stereocenters. The third-order valence-corrected chi connectivity index (χ3v) is 6.40. The van der Waals surface area contributed by atoms with E-state index in [-0.39, 0.29) is 23.1 Å². The van der Waals surface area contributed by atoms with Gasteiger partial charge in [-0.1, -0.05) is 12.8 Å². The van der Waals surface area contributed by atoms with E-state index in [4.69, 9.17) is 0 Å². The van der Waals surface area contributed by atoms with Crippen molar-refractivity contribution in [3.8, 4) is 0 Å². The maximum absolute atomic E-state index is 12.6. The van der Waals surface area contributed by atoms with Gasteiger partial charge in [-0.25, -0.2) is 0 Å². The zero-order valence-corrected chi connectivity index (χ0v) is 15.4. The van der Waals surface area contributed by atoms with Crippen LogP contribution in [0, 0.1) is 11.3 Å². The predicted octanol–water partition coefficient (Wildman–Crippen LogP) is 3.03. The first-order valence-electron chi connectivity index (χ1n) is 10.1. The van der Waals surface area contributed by atoms with E-state index >= 15 is 0 Å². The number of anilines is 1. The van der Waals surface area contributed by atoms with Crippen LogP contribution in [0.1, 0.15) is 55.3 Å². The Morgan fingerprint density at radius 3 is 2.31 bits per heavy atom. The Bertz CT molecular complexity index is 656. The van der Waals surface area contributed by atoms with E-state index in [0.717, 1.165) is 64.0 Å². The maximum atomic E-state index is 12.6. The average molecular weight is 355 g/mol. The summed E-state index contributed by atoms with van der Waals surface area (Å²) >= 11 is 0. The van der Waals surface area contributed by atoms with Gasteiger partial charge in [-0.3, -0.25) is 9.59 Å². The van der Waals surface area contributed by atoms with Crippen LogP contribution < -0.4 is 10.6 Å². The third-order valence-electron chi connectivity index (χ3n) is 6.40. The van der Waals surface area contributed by atoms with Crippen molar-refractivity contribution < 1.29 is 9.59 Å². The summed E-state index contributed by atoms with van der Waals surface area (Å²) in [5, 5.41) is 6.42. The molecule has 140 valence electrons. The van der Waals surface area contributed by atoms with Gasteiger partial charge in [-0.2, -0.15) is 0 Å². The van der Waals surface area contributed by atoms with Crippen molar-refractivity contribution in [2.24, 2.45) is 11.3 Å². The quantitative estimate of drug-likeness (QED) is 0.876. The lowest BCUT2D eigenvalue weighted by atomic mass is 9.92. The monoisotopic (exact) mass is 355 g/mol. The standard InChI is InChI=1S/C21H29N3O2/c25-19(18-15-21(18)9-11-22-12-10-21)23-17-7-5-16(6-8-17)20(26)24-13-3-1-2-4-14-24/h5-8,18,22H,1-4,9-15H2,(H,23,25). The molecule has 3 fully saturated rings. The highest BCUT2D eigenvalue weighted by Gasteiger charge is 2.57. The molecule has 1 spiro atoms. The minimum Gasteiger partial charge on any atom is -0.339 e. The Hall–Kier alpha value is -1.88. The summed E-state index contributed by atoms with van der Waals surface area (Å²) in [5.74, 6) is 0.405. The molecule has 0 aromatic heterocycles. The van der Waals surface area contributed by atoms with Crippen LogP contribution >= 0.6 is 0 Å². The molecule has 2 heterocycles. The highest BCUT2D eigenvalue weighted by atomic mass is 16.2. The number of likely N-dealkylation sites (tertiary alicyclic amines) is 1. The zero-order valence-electron chi connectivity index (χ0n) is 15.4. The molecule has 5 nitrogen and oxygen atoms in total. The van der Waals surface area contributed by atoms with Crippen molar-refractivity contribution in [1.29, 1.82) is 0 Å². The Kier molecular flexibility index (Phi) is 4.98. The fourth-order valence-electron chi connectivity index (χ4n) is 4.58. The van der Waals surface area contributed by atoms with Crippen molar-refractivity contribution >= 4 is 17.5 Å². The molecule has 1 atom stereocenters. The highest BCUT2D eigenvalue weighted by Crippen LogP contribution is 2.58. The van der Waals surface area contributed by atoms with Gasteiger partial charge in [0.1, 0.15) is 0 Å². The average Bonchev–Trinajstić information content (AvgIpc) is 3.42. The molecule has 2 amide bonds. The number of piperidine rings is 1. The fourth-order valence-corrected chi connectivity index (χ4v) is 4.58. The van der Waals surface area contributed by atoms with Crippen molar-refractivity contribution in [2.45, 2.75) is 44.9 Å². The summed E-state index contributed by atoms with van der Waals surface area (Å²) in [6, 6.07) is 7.41. The number of carbonyl (C=O) groups excluding carboxylic acids is 2.